The highest BCUT2D eigenvalue weighted by atomic mass is 16.6. The summed E-state index contributed by atoms with van der Waals surface area (Å²) in [5, 5.41) is 16.6. The second-order valence-electron chi connectivity index (χ2n) is 2.92. The first-order chi connectivity index (χ1) is 5.50. The van der Waals surface area contributed by atoms with Gasteiger partial charge in [-0.25, -0.2) is 0 Å². The van der Waals surface area contributed by atoms with E-state index in [0.29, 0.717) is 6.61 Å². The van der Waals surface area contributed by atoms with Gasteiger partial charge in [0.25, 0.3) is 0 Å². The van der Waals surface area contributed by atoms with Gasteiger partial charge in [-0.2, -0.15) is 0 Å². The third-order valence-electron chi connectivity index (χ3n) is 0.857. The minimum absolute atomic E-state index is 0.167. The number of hydrogen-bond acceptors (Lipinski definition) is 3. The van der Waals surface area contributed by atoms with Crippen LogP contribution in [0.3, 0.4) is 0 Å². The zero-order valence-corrected chi connectivity index (χ0v) is 8.58. The molecule has 0 aliphatic heterocycles. The Balaban J connectivity index is 0. The van der Waals surface area contributed by atoms with Gasteiger partial charge in [-0.05, 0) is 27.2 Å². The minimum Gasteiger partial charge on any atom is -0.394 e. The lowest BCUT2D eigenvalue weighted by Gasteiger charge is -2.03. The van der Waals surface area contributed by atoms with Gasteiger partial charge in [0.05, 0.1) is 0 Å². The lowest BCUT2D eigenvalue weighted by Crippen LogP contribution is -2.06. The topological polar surface area (TPSA) is 49.7 Å². The molecule has 0 bridgehead atoms. The number of rotatable bonds is 4. The standard InChI is InChI=1S/C6H14O2.C3H8O/c1-3-4-5-8-6(2)7;1-3(2)4/h6-7H,3-5H2,1-2H3;3-4H,1-2H3. The van der Waals surface area contributed by atoms with E-state index >= 15 is 0 Å². The van der Waals surface area contributed by atoms with E-state index in [9.17, 15) is 0 Å². The molecule has 0 saturated carbocycles. The molecule has 0 radical (unpaired) electrons. The number of ether oxygens (including phenoxy) is 1. The highest BCUT2D eigenvalue weighted by Crippen LogP contribution is 1.90. The summed E-state index contributed by atoms with van der Waals surface area (Å²) in [4.78, 5) is 0. The van der Waals surface area contributed by atoms with Crippen LogP contribution in [-0.4, -0.2) is 29.2 Å². The molecule has 3 nitrogen and oxygen atoms in total. The SMILES string of the molecule is CC(C)O.CCCCOC(C)O. The average molecular weight is 178 g/mol. The molecule has 0 aromatic carbocycles. The highest BCUT2D eigenvalue weighted by Gasteiger charge is 1.90. The Morgan fingerprint density at radius 1 is 1.17 bits per heavy atom. The average Bonchev–Trinajstić information content (AvgIpc) is 1.86. The molecule has 0 aliphatic rings. The molecule has 0 spiro atoms. The molecule has 3 heteroatoms. The van der Waals surface area contributed by atoms with Crippen molar-refractivity contribution in [2.24, 2.45) is 0 Å². The van der Waals surface area contributed by atoms with Crippen LogP contribution in [0.1, 0.15) is 40.5 Å². The van der Waals surface area contributed by atoms with E-state index in [1.165, 1.54) is 0 Å². The number of aliphatic hydroxyl groups is 2. The second kappa shape index (κ2) is 10.9. The monoisotopic (exact) mass is 178 g/mol. The van der Waals surface area contributed by atoms with Crippen molar-refractivity contribution in [3.05, 3.63) is 0 Å². The van der Waals surface area contributed by atoms with E-state index in [0.717, 1.165) is 12.8 Å². The van der Waals surface area contributed by atoms with Gasteiger partial charge < -0.3 is 14.9 Å². The summed E-state index contributed by atoms with van der Waals surface area (Å²) in [6.45, 7) is 7.83. The van der Waals surface area contributed by atoms with Crippen LogP contribution in [-0.2, 0) is 4.74 Å². The van der Waals surface area contributed by atoms with E-state index in [1.807, 2.05) is 0 Å². The normalized spacial score (nSPS) is 12.2. The lowest BCUT2D eigenvalue weighted by atomic mass is 10.4. The summed E-state index contributed by atoms with van der Waals surface area (Å²) in [6, 6.07) is 0. The van der Waals surface area contributed by atoms with Crippen LogP contribution in [0.25, 0.3) is 0 Å². The summed E-state index contributed by atoms with van der Waals surface area (Å²) in [5.74, 6) is 0. The van der Waals surface area contributed by atoms with E-state index in [1.54, 1.807) is 20.8 Å². The molecule has 0 aromatic rings. The molecule has 0 heterocycles. The Labute approximate surface area is 75.4 Å². The molecule has 76 valence electrons. The van der Waals surface area contributed by atoms with Gasteiger partial charge in [-0.15, -0.1) is 0 Å². The Hall–Kier alpha value is -0.120. The van der Waals surface area contributed by atoms with Crippen LogP contribution < -0.4 is 0 Å². The third kappa shape index (κ3) is 32.7. The predicted molar refractivity (Wildman–Crippen MR) is 49.9 cm³/mol. The third-order valence-corrected chi connectivity index (χ3v) is 0.857. The first kappa shape index (κ1) is 14.4. The van der Waals surface area contributed by atoms with Crippen LogP contribution in [0.15, 0.2) is 0 Å². The van der Waals surface area contributed by atoms with Crippen LogP contribution in [0.5, 0.6) is 0 Å². The van der Waals surface area contributed by atoms with Crippen molar-refractivity contribution in [3.63, 3.8) is 0 Å². The van der Waals surface area contributed by atoms with E-state index in [2.05, 4.69) is 6.92 Å². The molecule has 0 fully saturated rings. The van der Waals surface area contributed by atoms with Gasteiger partial charge in [0.2, 0.25) is 0 Å². The molecule has 0 aliphatic carbocycles. The fourth-order valence-electron chi connectivity index (χ4n) is 0.398. The lowest BCUT2D eigenvalue weighted by molar-refractivity contribution is -0.0856. The molecule has 0 saturated heterocycles. The van der Waals surface area contributed by atoms with Crippen molar-refractivity contribution >= 4 is 0 Å². The van der Waals surface area contributed by atoms with Crippen LogP contribution in [0.2, 0.25) is 0 Å². The predicted octanol–water partition coefficient (Wildman–Crippen LogP) is 1.53. The van der Waals surface area contributed by atoms with Crippen molar-refractivity contribution in [3.8, 4) is 0 Å². The largest absolute Gasteiger partial charge is 0.394 e. The quantitative estimate of drug-likeness (QED) is 0.507. The minimum atomic E-state index is -0.596. The van der Waals surface area contributed by atoms with E-state index in [4.69, 9.17) is 14.9 Å². The molecular formula is C9H22O3. The number of aliphatic hydroxyl groups excluding tert-OH is 2. The Morgan fingerprint density at radius 3 is 1.83 bits per heavy atom. The van der Waals surface area contributed by atoms with Gasteiger partial charge in [0.15, 0.2) is 6.29 Å². The van der Waals surface area contributed by atoms with Crippen molar-refractivity contribution in [2.75, 3.05) is 6.61 Å². The van der Waals surface area contributed by atoms with Gasteiger partial charge >= 0.3 is 0 Å². The fourth-order valence-corrected chi connectivity index (χ4v) is 0.398. The van der Waals surface area contributed by atoms with Gasteiger partial charge in [-0.1, -0.05) is 13.3 Å². The maximum atomic E-state index is 8.56. The zero-order chi connectivity index (χ0) is 9.98. The fraction of sp³-hybridized carbons (Fsp3) is 1.00. The van der Waals surface area contributed by atoms with Crippen LogP contribution >= 0.6 is 0 Å². The molecule has 1 unspecified atom stereocenters. The molecular weight excluding hydrogens is 156 g/mol. The Morgan fingerprint density at radius 2 is 1.58 bits per heavy atom. The van der Waals surface area contributed by atoms with Crippen molar-refractivity contribution in [1.82, 2.24) is 0 Å². The second-order valence-corrected chi connectivity index (χ2v) is 2.92. The summed E-state index contributed by atoms with van der Waals surface area (Å²) >= 11 is 0. The van der Waals surface area contributed by atoms with Crippen molar-refractivity contribution < 1.29 is 14.9 Å². The highest BCUT2D eigenvalue weighted by molar-refractivity contribution is 4.31. The summed E-state index contributed by atoms with van der Waals surface area (Å²) in [5.41, 5.74) is 0. The maximum absolute atomic E-state index is 8.56. The first-order valence-corrected chi connectivity index (χ1v) is 4.48. The summed E-state index contributed by atoms with van der Waals surface area (Å²) in [6.07, 6.45) is 1.39. The Bertz CT molecular complexity index is 69.4. The van der Waals surface area contributed by atoms with Crippen LogP contribution in [0.4, 0.5) is 0 Å². The van der Waals surface area contributed by atoms with Gasteiger partial charge in [0.1, 0.15) is 0 Å². The van der Waals surface area contributed by atoms with Gasteiger partial charge in [-0.3, -0.25) is 0 Å². The summed E-state index contributed by atoms with van der Waals surface area (Å²) < 4.78 is 4.84. The van der Waals surface area contributed by atoms with Gasteiger partial charge in [0, 0.05) is 12.7 Å². The van der Waals surface area contributed by atoms with E-state index < -0.39 is 6.29 Å². The molecule has 1 atom stereocenters. The molecule has 0 rings (SSSR count). The zero-order valence-electron chi connectivity index (χ0n) is 8.58. The van der Waals surface area contributed by atoms with Crippen molar-refractivity contribution in [2.45, 2.75) is 52.9 Å². The molecule has 12 heavy (non-hydrogen) atoms. The number of hydrogen-bond donors (Lipinski definition) is 2. The van der Waals surface area contributed by atoms with E-state index in [-0.39, 0.29) is 6.10 Å². The first-order valence-electron chi connectivity index (χ1n) is 4.48. The smallest absolute Gasteiger partial charge is 0.151 e. The summed E-state index contributed by atoms with van der Waals surface area (Å²) in [7, 11) is 0. The molecule has 0 amide bonds. The van der Waals surface area contributed by atoms with Crippen molar-refractivity contribution in [1.29, 1.82) is 0 Å². The Kier molecular flexibility index (Phi) is 13.1. The number of unbranched alkanes of at least 4 members (excludes halogenated alkanes) is 1. The molecule has 2 N–H and O–H groups in total. The van der Waals surface area contributed by atoms with Crippen LogP contribution in [0, 0.1) is 0 Å². The molecule has 0 aromatic heterocycles. The maximum Gasteiger partial charge on any atom is 0.151 e.